The maximum atomic E-state index is 4.19. The largest absolute Gasteiger partial charge is 0.311 e. The SMILES string of the molecule is CNC(C)c1nnc(CCC(C)C)s1. The van der Waals surface area contributed by atoms with Gasteiger partial charge in [0.15, 0.2) is 0 Å². The number of hydrogen-bond acceptors (Lipinski definition) is 4. The van der Waals surface area contributed by atoms with Crippen LogP contribution >= 0.6 is 11.3 Å². The maximum Gasteiger partial charge on any atom is 0.134 e. The first-order chi connectivity index (χ1) is 6.63. The average Bonchev–Trinajstić information content (AvgIpc) is 2.62. The highest BCUT2D eigenvalue weighted by atomic mass is 32.1. The smallest absolute Gasteiger partial charge is 0.134 e. The van der Waals surface area contributed by atoms with Crippen molar-refractivity contribution in [3.8, 4) is 0 Å². The van der Waals surface area contributed by atoms with Crippen LogP contribution in [0.2, 0.25) is 0 Å². The summed E-state index contributed by atoms with van der Waals surface area (Å²) in [6.07, 6.45) is 2.26. The molecular weight excluding hydrogens is 194 g/mol. The predicted molar refractivity (Wildman–Crippen MR) is 60.5 cm³/mol. The Bertz CT molecular complexity index is 270. The first-order valence-corrected chi connectivity index (χ1v) is 5.94. The van der Waals surface area contributed by atoms with Gasteiger partial charge in [0.2, 0.25) is 0 Å². The van der Waals surface area contributed by atoms with E-state index in [2.05, 4.69) is 36.3 Å². The Morgan fingerprint density at radius 1 is 1.29 bits per heavy atom. The Labute approximate surface area is 89.9 Å². The van der Waals surface area contributed by atoms with Gasteiger partial charge < -0.3 is 5.32 Å². The monoisotopic (exact) mass is 213 g/mol. The van der Waals surface area contributed by atoms with Gasteiger partial charge in [-0.1, -0.05) is 25.2 Å². The average molecular weight is 213 g/mol. The van der Waals surface area contributed by atoms with Gasteiger partial charge in [0.05, 0.1) is 6.04 Å². The number of nitrogens with zero attached hydrogens (tertiary/aromatic N) is 2. The van der Waals surface area contributed by atoms with Gasteiger partial charge in [-0.2, -0.15) is 0 Å². The van der Waals surface area contributed by atoms with Crippen LogP contribution in [-0.2, 0) is 6.42 Å². The molecule has 1 unspecified atom stereocenters. The number of aryl methyl sites for hydroxylation is 1. The zero-order chi connectivity index (χ0) is 10.6. The van der Waals surface area contributed by atoms with E-state index in [1.54, 1.807) is 11.3 Å². The molecule has 0 saturated heterocycles. The Balaban J connectivity index is 2.50. The molecule has 0 spiro atoms. The van der Waals surface area contributed by atoms with Crippen molar-refractivity contribution >= 4 is 11.3 Å². The quantitative estimate of drug-likeness (QED) is 0.816. The summed E-state index contributed by atoms with van der Waals surface area (Å²) in [5.74, 6) is 0.740. The third kappa shape index (κ3) is 3.35. The van der Waals surface area contributed by atoms with Crippen LogP contribution in [0.3, 0.4) is 0 Å². The minimum Gasteiger partial charge on any atom is -0.311 e. The van der Waals surface area contributed by atoms with Gasteiger partial charge in [-0.15, -0.1) is 10.2 Å². The fourth-order valence-corrected chi connectivity index (χ4v) is 2.00. The molecule has 1 atom stereocenters. The molecule has 1 aromatic heterocycles. The summed E-state index contributed by atoms with van der Waals surface area (Å²) in [5.41, 5.74) is 0. The van der Waals surface area contributed by atoms with E-state index in [4.69, 9.17) is 0 Å². The molecule has 0 bridgehead atoms. The summed E-state index contributed by atoms with van der Waals surface area (Å²) >= 11 is 1.72. The van der Waals surface area contributed by atoms with E-state index in [1.807, 2.05) is 7.05 Å². The minimum atomic E-state index is 0.320. The molecule has 80 valence electrons. The predicted octanol–water partition coefficient (Wildman–Crippen LogP) is 2.41. The molecule has 4 heteroatoms. The molecule has 0 amide bonds. The zero-order valence-corrected chi connectivity index (χ0v) is 10.2. The minimum absolute atomic E-state index is 0.320. The molecule has 1 heterocycles. The van der Waals surface area contributed by atoms with Gasteiger partial charge >= 0.3 is 0 Å². The molecule has 1 rings (SSSR count). The van der Waals surface area contributed by atoms with E-state index in [0.29, 0.717) is 6.04 Å². The second-order valence-corrected chi connectivity index (χ2v) is 5.07. The lowest BCUT2D eigenvalue weighted by molar-refractivity contribution is 0.583. The lowest BCUT2D eigenvalue weighted by atomic mass is 10.1. The molecule has 1 aromatic rings. The topological polar surface area (TPSA) is 37.8 Å². The molecule has 14 heavy (non-hydrogen) atoms. The molecule has 0 aliphatic carbocycles. The summed E-state index contributed by atoms with van der Waals surface area (Å²) in [6, 6.07) is 0.320. The van der Waals surface area contributed by atoms with Crippen molar-refractivity contribution in [2.24, 2.45) is 5.92 Å². The van der Waals surface area contributed by atoms with E-state index in [0.717, 1.165) is 22.4 Å². The molecule has 0 aromatic carbocycles. The lowest BCUT2D eigenvalue weighted by Crippen LogP contribution is -2.11. The van der Waals surface area contributed by atoms with Crippen LogP contribution in [0.5, 0.6) is 0 Å². The van der Waals surface area contributed by atoms with Gasteiger partial charge in [0.25, 0.3) is 0 Å². The Morgan fingerprint density at radius 3 is 2.57 bits per heavy atom. The van der Waals surface area contributed by atoms with E-state index in [-0.39, 0.29) is 0 Å². The normalized spacial score (nSPS) is 13.5. The highest BCUT2D eigenvalue weighted by Crippen LogP contribution is 2.19. The molecule has 0 aliphatic heterocycles. The summed E-state index contributed by atoms with van der Waals surface area (Å²) in [4.78, 5) is 0. The van der Waals surface area contributed by atoms with E-state index < -0.39 is 0 Å². The molecule has 1 N–H and O–H groups in total. The number of aromatic nitrogens is 2. The highest BCUT2D eigenvalue weighted by molar-refractivity contribution is 7.11. The number of rotatable bonds is 5. The summed E-state index contributed by atoms with van der Waals surface area (Å²) in [5, 5.41) is 13.8. The third-order valence-corrected chi connectivity index (χ3v) is 3.39. The zero-order valence-electron chi connectivity index (χ0n) is 9.37. The lowest BCUT2D eigenvalue weighted by Gasteiger charge is -2.03. The number of hydrogen-bond donors (Lipinski definition) is 1. The van der Waals surface area contributed by atoms with Gasteiger partial charge in [-0.3, -0.25) is 0 Å². The molecular formula is C10H19N3S. The summed E-state index contributed by atoms with van der Waals surface area (Å²) < 4.78 is 0. The van der Waals surface area contributed by atoms with Gasteiger partial charge in [0, 0.05) is 6.42 Å². The molecule has 0 aliphatic rings. The molecule has 0 radical (unpaired) electrons. The van der Waals surface area contributed by atoms with E-state index in [1.165, 1.54) is 6.42 Å². The summed E-state index contributed by atoms with van der Waals surface area (Å²) in [6.45, 7) is 6.57. The van der Waals surface area contributed by atoms with Gasteiger partial charge in [-0.25, -0.2) is 0 Å². The van der Waals surface area contributed by atoms with Crippen molar-refractivity contribution in [1.29, 1.82) is 0 Å². The Hall–Kier alpha value is -0.480. The first-order valence-electron chi connectivity index (χ1n) is 5.13. The second kappa shape index (κ2) is 5.41. The van der Waals surface area contributed by atoms with Gasteiger partial charge in [0.1, 0.15) is 10.0 Å². The van der Waals surface area contributed by atoms with Crippen LogP contribution in [0.15, 0.2) is 0 Å². The van der Waals surface area contributed by atoms with Crippen molar-refractivity contribution in [2.45, 2.75) is 39.7 Å². The maximum absolute atomic E-state index is 4.19. The van der Waals surface area contributed by atoms with E-state index in [9.17, 15) is 0 Å². The molecule has 0 saturated carbocycles. The van der Waals surface area contributed by atoms with Crippen LogP contribution in [0.25, 0.3) is 0 Å². The third-order valence-electron chi connectivity index (χ3n) is 2.22. The molecule has 0 fully saturated rings. The van der Waals surface area contributed by atoms with E-state index >= 15 is 0 Å². The highest BCUT2D eigenvalue weighted by Gasteiger charge is 2.09. The van der Waals surface area contributed by atoms with Crippen molar-refractivity contribution in [3.63, 3.8) is 0 Å². The fourth-order valence-electron chi connectivity index (χ4n) is 1.08. The van der Waals surface area contributed by atoms with Gasteiger partial charge in [-0.05, 0) is 26.3 Å². The van der Waals surface area contributed by atoms with Crippen molar-refractivity contribution < 1.29 is 0 Å². The standard InChI is InChI=1S/C10H19N3S/c1-7(2)5-6-9-12-13-10(14-9)8(3)11-4/h7-8,11H,5-6H2,1-4H3. The molecule has 3 nitrogen and oxygen atoms in total. The van der Waals surface area contributed by atoms with Crippen LogP contribution in [0.4, 0.5) is 0 Å². The summed E-state index contributed by atoms with van der Waals surface area (Å²) in [7, 11) is 1.94. The van der Waals surface area contributed by atoms with Crippen molar-refractivity contribution in [1.82, 2.24) is 15.5 Å². The Kier molecular flexibility index (Phi) is 4.48. The second-order valence-electron chi connectivity index (χ2n) is 3.98. The van der Waals surface area contributed by atoms with Crippen LogP contribution in [0.1, 0.15) is 43.2 Å². The first kappa shape index (κ1) is 11.6. The fraction of sp³-hybridized carbons (Fsp3) is 0.800. The van der Waals surface area contributed by atoms with Crippen LogP contribution < -0.4 is 5.32 Å². The van der Waals surface area contributed by atoms with Crippen molar-refractivity contribution in [3.05, 3.63) is 10.0 Å². The number of nitrogens with one attached hydrogen (secondary N) is 1. The van der Waals surface area contributed by atoms with Crippen molar-refractivity contribution in [2.75, 3.05) is 7.05 Å². The van der Waals surface area contributed by atoms with Crippen LogP contribution in [0, 0.1) is 5.92 Å². The van der Waals surface area contributed by atoms with Crippen LogP contribution in [-0.4, -0.2) is 17.2 Å². The Morgan fingerprint density at radius 2 is 2.00 bits per heavy atom.